The molecule has 0 unspecified atom stereocenters. The molecule has 2 heterocycles. The highest BCUT2D eigenvalue weighted by molar-refractivity contribution is 5.94. The molecule has 0 saturated carbocycles. The van der Waals surface area contributed by atoms with Crippen molar-refractivity contribution in [3.8, 4) is 17.0 Å². The number of carbonyl (C=O) groups is 3. The monoisotopic (exact) mass is 651 g/mol. The van der Waals surface area contributed by atoms with Crippen molar-refractivity contribution in [1.82, 2.24) is 25.7 Å². The summed E-state index contributed by atoms with van der Waals surface area (Å²) in [5.74, 6) is 0.151. The normalized spacial score (nSPS) is 11.8. The van der Waals surface area contributed by atoms with E-state index in [0.717, 1.165) is 56.3 Å². The third-order valence-corrected chi connectivity index (χ3v) is 8.87. The van der Waals surface area contributed by atoms with Gasteiger partial charge in [-0.2, -0.15) is 0 Å². The zero-order valence-corrected chi connectivity index (χ0v) is 28.2. The summed E-state index contributed by atoms with van der Waals surface area (Å²) in [6, 6.07) is 23.4. The number of rotatable bonds is 16. The molecule has 0 spiro atoms. The van der Waals surface area contributed by atoms with Crippen LogP contribution < -0.4 is 15.4 Å². The molecule has 5 aromatic rings. The number of unbranched alkanes of at least 4 members (excludes halogenated alkanes) is 2. The Labute approximate surface area is 281 Å². The summed E-state index contributed by atoms with van der Waals surface area (Å²) in [7, 11) is 4.66. The Kier molecular flexibility index (Phi) is 11.5. The number of methoxy groups -OCH3 is 1. The molecule has 1 atom stereocenters. The van der Waals surface area contributed by atoms with Crippen LogP contribution in [0.5, 0.6) is 5.75 Å². The Balaban J connectivity index is 1.26. The number of para-hydroxylation sites is 1. The lowest BCUT2D eigenvalue weighted by molar-refractivity contribution is -0.168. The van der Waals surface area contributed by atoms with Gasteiger partial charge in [-0.1, -0.05) is 61.4 Å². The summed E-state index contributed by atoms with van der Waals surface area (Å²) >= 11 is 0. The molecule has 4 N–H and O–H groups in total. The SMILES string of the molecule is COc1ccc2[nH]c(C)c(CC(=O)N[C@@H](CCCCCC(=O)N(C)OC)C(=O)NCCc3c(-c4ccccc4)[nH]c4ccccc34)c2c1. The van der Waals surface area contributed by atoms with Crippen LogP contribution in [0.4, 0.5) is 0 Å². The molecule has 5 rings (SSSR count). The standard InChI is InChI=1S/C38H45N5O5/c1-25-30(31-23-27(47-3)19-20-33(31)40-25)24-35(44)41-34(17-9-6-10-18-36(45)43(2)48-4)38(46)39-22-21-29-28-15-11-12-16-32(28)42-37(29)26-13-7-5-8-14-26/h5,7-8,11-16,19-20,23,34,40,42H,6,9-10,17-18,21-22,24H2,1-4H3,(H,39,46)(H,41,44)/t34-/m0/s1. The Bertz CT molecular complexity index is 1860. The summed E-state index contributed by atoms with van der Waals surface area (Å²) in [6.07, 6.45) is 3.61. The second kappa shape index (κ2) is 16.1. The maximum atomic E-state index is 13.7. The molecular weight excluding hydrogens is 606 g/mol. The Morgan fingerprint density at radius 1 is 0.854 bits per heavy atom. The highest BCUT2D eigenvalue weighted by Crippen LogP contribution is 2.31. The van der Waals surface area contributed by atoms with Crippen molar-refractivity contribution >= 4 is 39.5 Å². The number of benzene rings is 3. The molecule has 252 valence electrons. The van der Waals surface area contributed by atoms with Crippen LogP contribution in [0.3, 0.4) is 0 Å². The van der Waals surface area contributed by atoms with Crippen molar-refractivity contribution in [3.63, 3.8) is 0 Å². The molecule has 10 heteroatoms. The van der Waals surface area contributed by atoms with E-state index in [9.17, 15) is 14.4 Å². The van der Waals surface area contributed by atoms with E-state index in [4.69, 9.17) is 9.57 Å². The van der Waals surface area contributed by atoms with Crippen molar-refractivity contribution < 1.29 is 24.0 Å². The van der Waals surface area contributed by atoms with E-state index in [-0.39, 0.29) is 24.1 Å². The molecule has 0 fully saturated rings. The number of aryl methyl sites for hydroxylation is 1. The largest absolute Gasteiger partial charge is 0.497 e. The lowest BCUT2D eigenvalue weighted by Gasteiger charge is -2.19. The number of H-pyrrole nitrogens is 2. The van der Waals surface area contributed by atoms with Gasteiger partial charge in [0.15, 0.2) is 0 Å². The van der Waals surface area contributed by atoms with Gasteiger partial charge in [-0.25, -0.2) is 5.06 Å². The average molecular weight is 652 g/mol. The molecule has 48 heavy (non-hydrogen) atoms. The zero-order valence-electron chi connectivity index (χ0n) is 28.2. The summed E-state index contributed by atoms with van der Waals surface area (Å²) < 4.78 is 5.41. The third kappa shape index (κ3) is 8.24. The van der Waals surface area contributed by atoms with Gasteiger partial charge < -0.3 is 25.3 Å². The molecule has 0 saturated heterocycles. The van der Waals surface area contributed by atoms with Gasteiger partial charge in [0.25, 0.3) is 0 Å². The lowest BCUT2D eigenvalue weighted by atomic mass is 10.0. The summed E-state index contributed by atoms with van der Waals surface area (Å²) in [5.41, 5.74) is 6.99. The molecular formula is C38H45N5O5. The molecule has 3 amide bonds. The smallest absolute Gasteiger partial charge is 0.245 e. The van der Waals surface area contributed by atoms with Crippen LogP contribution in [0, 0.1) is 6.92 Å². The number of carbonyl (C=O) groups excluding carboxylic acids is 3. The predicted octanol–water partition coefficient (Wildman–Crippen LogP) is 5.99. The highest BCUT2D eigenvalue weighted by atomic mass is 16.7. The Hall–Kier alpha value is -5.09. The number of hydrogen-bond donors (Lipinski definition) is 4. The van der Waals surface area contributed by atoms with E-state index in [1.54, 1.807) is 14.2 Å². The third-order valence-electron chi connectivity index (χ3n) is 8.87. The number of aromatic nitrogens is 2. The summed E-state index contributed by atoms with van der Waals surface area (Å²) in [5, 5.41) is 9.37. The van der Waals surface area contributed by atoms with E-state index >= 15 is 0 Å². The number of amides is 3. The van der Waals surface area contributed by atoms with Crippen molar-refractivity contribution in [2.24, 2.45) is 0 Å². The van der Waals surface area contributed by atoms with Crippen LogP contribution in [-0.2, 0) is 32.1 Å². The predicted molar refractivity (Wildman–Crippen MR) is 189 cm³/mol. The number of hydrogen-bond acceptors (Lipinski definition) is 5. The van der Waals surface area contributed by atoms with Crippen LogP contribution in [-0.4, -0.2) is 66.6 Å². The van der Waals surface area contributed by atoms with Gasteiger partial charge in [0, 0.05) is 53.2 Å². The number of ether oxygens (including phenoxy) is 1. The number of aromatic amines is 2. The zero-order chi connectivity index (χ0) is 34.0. The van der Waals surface area contributed by atoms with Crippen LogP contribution in [0.1, 0.15) is 48.9 Å². The van der Waals surface area contributed by atoms with E-state index in [0.29, 0.717) is 44.4 Å². The number of hydroxylamine groups is 2. The van der Waals surface area contributed by atoms with E-state index in [1.165, 1.54) is 12.2 Å². The van der Waals surface area contributed by atoms with Crippen molar-refractivity contribution in [3.05, 3.63) is 89.6 Å². The first kappa shape index (κ1) is 34.3. The Morgan fingerprint density at radius 3 is 2.38 bits per heavy atom. The number of nitrogens with zero attached hydrogens (tertiary/aromatic N) is 1. The lowest BCUT2D eigenvalue weighted by Crippen LogP contribution is -2.47. The first-order chi connectivity index (χ1) is 23.3. The second-order valence-electron chi connectivity index (χ2n) is 12.0. The average Bonchev–Trinajstić information content (AvgIpc) is 3.63. The van der Waals surface area contributed by atoms with E-state index < -0.39 is 6.04 Å². The first-order valence-corrected chi connectivity index (χ1v) is 16.5. The van der Waals surface area contributed by atoms with Gasteiger partial charge in [0.1, 0.15) is 11.8 Å². The van der Waals surface area contributed by atoms with Gasteiger partial charge in [-0.05, 0) is 67.1 Å². The van der Waals surface area contributed by atoms with Gasteiger partial charge >= 0.3 is 0 Å². The van der Waals surface area contributed by atoms with Gasteiger partial charge in [-0.3, -0.25) is 19.2 Å². The van der Waals surface area contributed by atoms with E-state index in [2.05, 4.69) is 44.9 Å². The molecule has 0 aliphatic heterocycles. The second-order valence-corrected chi connectivity index (χ2v) is 12.0. The van der Waals surface area contributed by atoms with Gasteiger partial charge in [0.05, 0.1) is 20.6 Å². The summed E-state index contributed by atoms with van der Waals surface area (Å²) in [4.78, 5) is 51.1. The topological polar surface area (TPSA) is 129 Å². The number of fused-ring (bicyclic) bond motifs is 2. The van der Waals surface area contributed by atoms with Crippen LogP contribution in [0.2, 0.25) is 0 Å². The van der Waals surface area contributed by atoms with Crippen LogP contribution in [0.25, 0.3) is 33.1 Å². The Morgan fingerprint density at radius 2 is 1.60 bits per heavy atom. The molecule has 3 aromatic carbocycles. The molecule has 0 aliphatic carbocycles. The molecule has 0 bridgehead atoms. The number of nitrogens with one attached hydrogen (secondary N) is 4. The molecule has 0 radical (unpaired) electrons. The molecule has 2 aromatic heterocycles. The minimum atomic E-state index is -0.716. The van der Waals surface area contributed by atoms with Crippen LogP contribution >= 0.6 is 0 Å². The fraction of sp³-hybridized carbons (Fsp3) is 0.342. The summed E-state index contributed by atoms with van der Waals surface area (Å²) in [6.45, 7) is 2.35. The molecule has 0 aliphatic rings. The minimum absolute atomic E-state index is 0.0991. The van der Waals surface area contributed by atoms with Crippen molar-refractivity contribution in [2.75, 3.05) is 27.8 Å². The fourth-order valence-electron chi connectivity index (χ4n) is 6.20. The minimum Gasteiger partial charge on any atom is -0.497 e. The van der Waals surface area contributed by atoms with Crippen molar-refractivity contribution in [2.45, 2.75) is 57.9 Å². The van der Waals surface area contributed by atoms with Crippen molar-refractivity contribution in [1.29, 1.82) is 0 Å². The van der Waals surface area contributed by atoms with Gasteiger partial charge in [0.2, 0.25) is 17.7 Å². The maximum absolute atomic E-state index is 13.7. The highest BCUT2D eigenvalue weighted by Gasteiger charge is 2.23. The van der Waals surface area contributed by atoms with E-state index in [1.807, 2.05) is 55.5 Å². The van der Waals surface area contributed by atoms with Gasteiger partial charge in [-0.15, -0.1) is 0 Å². The first-order valence-electron chi connectivity index (χ1n) is 16.5. The van der Waals surface area contributed by atoms with Crippen LogP contribution in [0.15, 0.2) is 72.8 Å². The quantitative estimate of drug-likeness (QED) is 0.0770. The fourth-order valence-corrected chi connectivity index (χ4v) is 6.20. The maximum Gasteiger partial charge on any atom is 0.245 e. The molecule has 10 nitrogen and oxygen atoms in total.